The normalized spacial score (nSPS) is 10.2. The molecule has 0 radical (unpaired) electrons. The van der Waals surface area contributed by atoms with Gasteiger partial charge in [0.1, 0.15) is 5.75 Å². The van der Waals surface area contributed by atoms with Crippen molar-refractivity contribution in [3.8, 4) is 16.9 Å². The van der Waals surface area contributed by atoms with E-state index in [0.717, 1.165) is 21.8 Å². The Labute approximate surface area is 116 Å². The number of carboxylic acid groups (broad SMARTS) is 1. The molecular weight excluding hydrogens is 260 g/mol. The summed E-state index contributed by atoms with van der Waals surface area (Å²) in [5, 5.41) is 8.63. The molecule has 2 rings (SSSR count). The molecule has 0 heterocycles. The lowest BCUT2D eigenvalue weighted by Gasteiger charge is -2.05. The van der Waals surface area contributed by atoms with Crippen LogP contribution in [0.2, 0.25) is 0 Å². The maximum atomic E-state index is 10.5. The SMILES string of the molecule is COc1cccc(-c2ccc(SCC(=O)O)cc2)c1. The van der Waals surface area contributed by atoms with Crippen LogP contribution in [0.3, 0.4) is 0 Å². The highest BCUT2D eigenvalue weighted by molar-refractivity contribution is 8.00. The first-order chi connectivity index (χ1) is 9.19. The summed E-state index contributed by atoms with van der Waals surface area (Å²) >= 11 is 1.32. The molecule has 0 aromatic heterocycles. The highest BCUT2D eigenvalue weighted by Crippen LogP contribution is 2.26. The van der Waals surface area contributed by atoms with Crippen LogP contribution in [0.15, 0.2) is 53.4 Å². The predicted octanol–water partition coefficient (Wildman–Crippen LogP) is 3.54. The third-order valence-corrected chi connectivity index (χ3v) is 3.62. The zero-order chi connectivity index (χ0) is 13.7. The molecule has 1 N–H and O–H groups in total. The summed E-state index contributed by atoms with van der Waals surface area (Å²) in [7, 11) is 1.64. The van der Waals surface area contributed by atoms with Gasteiger partial charge in [-0.2, -0.15) is 0 Å². The largest absolute Gasteiger partial charge is 0.497 e. The zero-order valence-corrected chi connectivity index (χ0v) is 11.3. The topological polar surface area (TPSA) is 46.5 Å². The van der Waals surface area contributed by atoms with Crippen LogP contribution in [0, 0.1) is 0 Å². The maximum absolute atomic E-state index is 10.5. The molecule has 0 atom stereocenters. The summed E-state index contributed by atoms with van der Waals surface area (Å²) in [5.74, 6) is 0.0992. The van der Waals surface area contributed by atoms with Crippen LogP contribution in [0.5, 0.6) is 5.75 Å². The molecule has 0 saturated carbocycles. The van der Waals surface area contributed by atoms with E-state index in [9.17, 15) is 4.79 Å². The molecule has 2 aromatic rings. The molecule has 0 aliphatic heterocycles. The van der Waals surface area contributed by atoms with Crippen molar-refractivity contribution in [2.75, 3.05) is 12.9 Å². The van der Waals surface area contributed by atoms with E-state index in [2.05, 4.69) is 0 Å². The van der Waals surface area contributed by atoms with Crippen LogP contribution in [0.1, 0.15) is 0 Å². The molecule has 0 aliphatic rings. The number of carbonyl (C=O) groups is 1. The smallest absolute Gasteiger partial charge is 0.313 e. The number of ether oxygens (including phenoxy) is 1. The molecule has 3 nitrogen and oxygen atoms in total. The quantitative estimate of drug-likeness (QED) is 0.847. The molecule has 0 bridgehead atoms. The minimum Gasteiger partial charge on any atom is -0.497 e. The number of aliphatic carboxylic acids is 1. The van der Waals surface area contributed by atoms with E-state index >= 15 is 0 Å². The van der Waals surface area contributed by atoms with Gasteiger partial charge in [0.15, 0.2) is 0 Å². The lowest BCUT2D eigenvalue weighted by Crippen LogP contribution is -1.97. The number of hydrogen-bond donors (Lipinski definition) is 1. The average Bonchev–Trinajstić information content (AvgIpc) is 2.45. The average molecular weight is 274 g/mol. The van der Waals surface area contributed by atoms with Crippen molar-refractivity contribution >= 4 is 17.7 Å². The van der Waals surface area contributed by atoms with Crippen LogP contribution in [-0.4, -0.2) is 23.9 Å². The lowest BCUT2D eigenvalue weighted by atomic mass is 10.1. The number of carboxylic acids is 1. The van der Waals surface area contributed by atoms with Crippen LogP contribution < -0.4 is 4.74 Å². The van der Waals surface area contributed by atoms with Gasteiger partial charge in [-0.25, -0.2) is 0 Å². The van der Waals surface area contributed by atoms with Crippen molar-refractivity contribution in [3.63, 3.8) is 0 Å². The van der Waals surface area contributed by atoms with E-state index in [-0.39, 0.29) is 5.75 Å². The third kappa shape index (κ3) is 3.76. The van der Waals surface area contributed by atoms with Gasteiger partial charge < -0.3 is 9.84 Å². The fourth-order valence-corrected chi connectivity index (χ4v) is 2.31. The van der Waals surface area contributed by atoms with Gasteiger partial charge in [0, 0.05) is 4.90 Å². The third-order valence-electron chi connectivity index (χ3n) is 2.62. The summed E-state index contributed by atoms with van der Waals surface area (Å²) in [6, 6.07) is 15.7. The number of benzene rings is 2. The Morgan fingerprint density at radius 3 is 2.53 bits per heavy atom. The predicted molar refractivity (Wildman–Crippen MR) is 76.8 cm³/mol. The minimum absolute atomic E-state index is 0.0819. The Kier molecular flexibility index (Phi) is 4.47. The van der Waals surface area contributed by atoms with E-state index in [1.807, 2.05) is 48.5 Å². The van der Waals surface area contributed by atoms with Crippen molar-refractivity contribution in [3.05, 3.63) is 48.5 Å². The van der Waals surface area contributed by atoms with Crippen LogP contribution in [0.4, 0.5) is 0 Å². The highest BCUT2D eigenvalue weighted by Gasteiger charge is 2.02. The minimum atomic E-state index is -0.804. The van der Waals surface area contributed by atoms with E-state index in [4.69, 9.17) is 9.84 Å². The standard InChI is InChI=1S/C15H14O3S/c1-18-13-4-2-3-12(9-13)11-5-7-14(8-6-11)19-10-15(16)17/h2-9H,10H2,1H3,(H,16,17). The summed E-state index contributed by atoms with van der Waals surface area (Å²) in [5.41, 5.74) is 2.16. The summed E-state index contributed by atoms with van der Waals surface area (Å²) in [6.07, 6.45) is 0. The second-order valence-electron chi connectivity index (χ2n) is 3.94. The van der Waals surface area contributed by atoms with E-state index in [0.29, 0.717) is 0 Å². The molecule has 0 unspecified atom stereocenters. The van der Waals surface area contributed by atoms with Crippen molar-refractivity contribution in [2.24, 2.45) is 0 Å². The van der Waals surface area contributed by atoms with Gasteiger partial charge in [-0.05, 0) is 35.4 Å². The fraction of sp³-hybridized carbons (Fsp3) is 0.133. The van der Waals surface area contributed by atoms with Crippen molar-refractivity contribution in [1.82, 2.24) is 0 Å². The molecule has 4 heteroatoms. The summed E-state index contributed by atoms with van der Waals surface area (Å²) in [6.45, 7) is 0. The highest BCUT2D eigenvalue weighted by atomic mass is 32.2. The molecule has 2 aromatic carbocycles. The Bertz CT molecular complexity index is 564. The van der Waals surface area contributed by atoms with Gasteiger partial charge in [0.05, 0.1) is 12.9 Å². The van der Waals surface area contributed by atoms with E-state index in [1.165, 1.54) is 11.8 Å². The first-order valence-corrected chi connectivity index (χ1v) is 6.76. The van der Waals surface area contributed by atoms with Crippen LogP contribution in [-0.2, 0) is 4.79 Å². The van der Waals surface area contributed by atoms with Crippen LogP contribution >= 0.6 is 11.8 Å². The first-order valence-electron chi connectivity index (χ1n) is 5.78. The van der Waals surface area contributed by atoms with E-state index < -0.39 is 5.97 Å². The first kappa shape index (κ1) is 13.5. The number of rotatable bonds is 5. The van der Waals surface area contributed by atoms with Gasteiger partial charge in [0.2, 0.25) is 0 Å². The molecule has 0 fully saturated rings. The zero-order valence-electron chi connectivity index (χ0n) is 10.5. The monoisotopic (exact) mass is 274 g/mol. The Morgan fingerprint density at radius 1 is 1.16 bits per heavy atom. The lowest BCUT2D eigenvalue weighted by molar-refractivity contribution is -0.133. The van der Waals surface area contributed by atoms with E-state index in [1.54, 1.807) is 7.11 Å². The molecule has 0 amide bonds. The van der Waals surface area contributed by atoms with Crippen molar-refractivity contribution in [2.45, 2.75) is 4.90 Å². The van der Waals surface area contributed by atoms with Gasteiger partial charge in [-0.1, -0.05) is 24.3 Å². The Balaban J connectivity index is 2.15. The molecule has 19 heavy (non-hydrogen) atoms. The van der Waals surface area contributed by atoms with Gasteiger partial charge >= 0.3 is 5.97 Å². The summed E-state index contributed by atoms with van der Waals surface area (Å²) in [4.78, 5) is 11.4. The number of methoxy groups -OCH3 is 1. The van der Waals surface area contributed by atoms with Gasteiger partial charge in [-0.3, -0.25) is 4.79 Å². The second kappa shape index (κ2) is 6.29. The summed E-state index contributed by atoms with van der Waals surface area (Å²) < 4.78 is 5.20. The molecule has 98 valence electrons. The molecule has 0 aliphatic carbocycles. The number of hydrogen-bond acceptors (Lipinski definition) is 3. The van der Waals surface area contributed by atoms with Crippen molar-refractivity contribution in [1.29, 1.82) is 0 Å². The Hall–Kier alpha value is -1.94. The Morgan fingerprint density at radius 2 is 1.89 bits per heavy atom. The maximum Gasteiger partial charge on any atom is 0.313 e. The van der Waals surface area contributed by atoms with Crippen molar-refractivity contribution < 1.29 is 14.6 Å². The second-order valence-corrected chi connectivity index (χ2v) is 4.99. The van der Waals surface area contributed by atoms with Gasteiger partial charge in [0.25, 0.3) is 0 Å². The molecular formula is C15H14O3S. The molecule has 0 spiro atoms. The number of thioether (sulfide) groups is 1. The molecule has 0 saturated heterocycles. The van der Waals surface area contributed by atoms with Crippen LogP contribution in [0.25, 0.3) is 11.1 Å². The fourth-order valence-electron chi connectivity index (χ4n) is 1.69. The van der Waals surface area contributed by atoms with Gasteiger partial charge in [-0.15, -0.1) is 11.8 Å².